The normalized spacial score (nSPS) is 13.1. The lowest BCUT2D eigenvalue weighted by atomic mass is 9.79. The molecule has 0 atom stereocenters. The maximum atomic E-state index is 12.3. The van der Waals surface area contributed by atoms with Crippen LogP contribution in [0.4, 0.5) is 5.69 Å². The Morgan fingerprint density at radius 3 is 3.04 bits per heavy atom. The fourth-order valence-electron chi connectivity index (χ4n) is 2.95. The lowest BCUT2D eigenvalue weighted by molar-refractivity contribution is -0.115. The molecule has 3 aromatic rings. The molecule has 1 aromatic heterocycles. The summed E-state index contributed by atoms with van der Waals surface area (Å²) in [5, 5.41) is 14.6. The molecule has 2 heterocycles. The van der Waals surface area contributed by atoms with Crippen molar-refractivity contribution in [1.82, 2.24) is 4.98 Å². The second-order valence-electron chi connectivity index (χ2n) is 5.86. The fourth-order valence-corrected chi connectivity index (χ4v) is 2.95. The van der Waals surface area contributed by atoms with Gasteiger partial charge < -0.3 is 15.0 Å². The summed E-state index contributed by atoms with van der Waals surface area (Å²) in [5.41, 5.74) is 3.38. The van der Waals surface area contributed by atoms with Crippen molar-refractivity contribution in [3.05, 3.63) is 66.0 Å². The van der Waals surface area contributed by atoms with Gasteiger partial charge >= 0.3 is 7.12 Å². The zero-order chi connectivity index (χ0) is 16.5. The molecule has 0 unspecified atom stereocenters. The van der Waals surface area contributed by atoms with Crippen molar-refractivity contribution in [2.75, 3.05) is 5.32 Å². The van der Waals surface area contributed by atoms with E-state index in [9.17, 15) is 9.82 Å². The number of carbonyl (C=O) groups excluding carboxylic acids is 1. The number of amides is 1. The molecule has 1 aliphatic heterocycles. The molecule has 0 aliphatic carbocycles. The van der Waals surface area contributed by atoms with Crippen LogP contribution in [0, 0.1) is 0 Å². The molecule has 0 spiro atoms. The predicted octanol–water partition coefficient (Wildman–Crippen LogP) is 1.63. The third-order valence-electron chi connectivity index (χ3n) is 4.16. The summed E-state index contributed by atoms with van der Waals surface area (Å²) in [6.07, 6.45) is 3.80. The topological polar surface area (TPSA) is 71.5 Å². The summed E-state index contributed by atoms with van der Waals surface area (Å²) in [7, 11) is -0.852. The number of nitrogens with one attached hydrogen (secondary N) is 1. The van der Waals surface area contributed by atoms with E-state index < -0.39 is 7.12 Å². The van der Waals surface area contributed by atoms with Crippen LogP contribution in [0.3, 0.4) is 0 Å². The van der Waals surface area contributed by atoms with E-state index in [-0.39, 0.29) is 12.3 Å². The third kappa shape index (κ3) is 2.89. The molecule has 24 heavy (non-hydrogen) atoms. The average molecular weight is 318 g/mol. The Morgan fingerprint density at radius 2 is 2.12 bits per heavy atom. The number of nitrogens with zero attached hydrogens (tertiary/aromatic N) is 1. The number of pyridine rings is 1. The van der Waals surface area contributed by atoms with Crippen LogP contribution in [-0.2, 0) is 22.5 Å². The van der Waals surface area contributed by atoms with Crippen molar-refractivity contribution < 1.29 is 14.5 Å². The molecule has 1 aliphatic rings. The molecule has 5 nitrogen and oxygen atoms in total. The number of fused-ring (bicyclic) bond motifs is 2. The summed E-state index contributed by atoms with van der Waals surface area (Å²) in [4.78, 5) is 16.4. The van der Waals surface area contributed by atoms with Crippen molar-refractivity contribution in [3.63, 3.8) is 0 Å². The molecule has 0 saturated carbocycles. The maximum Gasteiger partial charge on any atom is 0.491 e. The van der Waals surface area contributed by atoms with Crippen molar-refractivity contribution in [1.29, 1.82) is 0 Å². The Morgan fingerprint density at radius 1 is 1.21 bits per heavy atom. The number of rotatable bonds is 3. The molecule has 118 valence electrons. The first-order valence-corrected chi connectivity index (χ1v) is 7.74. The van der Waals surface area contributed by atoms with Crippen LogP contribution in [-0.4, -0.2) is 23.0 Å². The molecule has 0 fully saturated rings. The van der Waals surface area contributed by atoms with Crippen LogP contribution < -0.4 is 10.8 Å². The van der Waals surface area contributed by atoms with Crippen LogP contribution >= 0.6 is 0 Å². The highest BCUT2D eigenvalue weighted by molar-refractivity contribution is 6.61. The number of anilines is 1. The first-order chi connectivity index (χ1) is 11.7. The smallest absolute Gasteiger partial charge is 0.423 e. The molecule has 2 N–H and O–H groups in total. The fraction of sp³-hybridized carbons (Fsp3) is 0.111. The van der Waals surface area contributed by atoms with Gasteiger partial charge in [0.15, 0.2) is 0 Å². The summed E-state index contributed by atoms with van der Waals surface area (Å²) in [6, 6.07) is 13.2. The Labute approximate surface area is 139 Å². The Kier molecular flexibility index (Phi) is 3.76. The minimum atomic E-state index is -0.852. The van der Waals surface area contributed by atoms with E-state index in [2.05, 4.69) is 10.3 Å². The summed E-state index contributed by atoms with van der Waals surface area (Å²) < 4.78 is 5.17. The zero-order valence-corrected chi connectivity index (χ0v) is 12.9. The van der Waals surface area contributed by atoms with Crippen LogP contribution in [0.2, 0.25) is 0 Å². The summed E-state index contributed by atoms with van der Waals surface area (Å²) >= 11 is 0. The molecule has 0 saturated heterocycles. The minimum absolute atomic E-state index is 0.0807. The monoisotopic (exact) mass is 318 g/mol. The SMILES string of the molecule is O=C(Cc1ccc2c(c1)COB2O)Nc1ccc2cnccc2c1. The lowest BCUT2D eigenvalue weighted by Gasteiger charge is -2.08. The third-order valence-corrected chi connectivity index (χ3v) is 4.16. The quantitative estimate of drug-likeness (QED) is 0.720. The van der Waals surface area contributed by atoms with Gasteiger partial charge in [0.25, 0.3) is 0 Å². The largest absolute Gasteiger partial charge is 0.491 e. The molecule has 1 amide bonds. The van der Waals surface area contributed by atoms with E-state index in [1.807, 2.05) is 42.5 Å². The molecule has 0 bridgehead atoms. The highest BCUT2D eigenvalue weighted by Gasteiger charge is 2.27. The molecular weight excluding hydrogens is 303 g/mol. The number of carbonyl (C=O) groups is 1. The predicted molar refractivity (Wildman–Crippen MR) is 92.9 cm³/mol. The van der Waals surface area contributed by atoms with Crippen LogP contribution in [0.5, 0.6) is 0 Å². The second-order valence-corrected chi connectivity index (χ2v) is 5.86. The van der Waals surface area contributed by atoms with Gasteiger partial charge in [-0.3, -0.25) is 9.78 Å². The number of aromatic nitrogens is 1. The maximum absolute atomic E-state index is 12.3. The van der Waals surface area contributed by atoms with Crippen molar-refractivity contribution in [2.24, 2.45) is 0 Å². The molecule has 6 heteroatoms. The zero-order valence-electron chi connectivity index (χ0n) is 12.9. The van der Waals surface area contributed by atoms with Crippen LogP contribution in [0.1, 0.15) is 11.1 Å². The first-order valence-electron chi connectivity index (χ1n) is 7.74. The van der Waals surface area contributed by atoms with E-state index in [1.54, 1.807) is 12.4 Å². The van der Waals surface area contributed by atoms with Crippen LogP contribution in [0.25, 0.3) is 10.8 Å². The minimum Gasteiger partial charge on any atom is -0.423 e. The summed E-state index contributed by atoms with van der Waals surface area (Å²) in [6.45, 7) is 0.380. The molecule has 0 radical (unpaired) electrons. The molecule has 2 aromatic carbocycles. The van der Waals surface area contributed by atoms with Gasteiger partial charge in [-0.25, -0.2) is 0 Å². The summed E-state index contributed by atoms with van der Waals surface area (Å²) in [5.74, 6) is -0.0807. The first kappa shape index (κ1) is 14.9. The standard InChI is InChI=1S/C18H15BN2O3/c22-18(8-12-1-4-17-15(7-12)11-24-19(17)23)21-16-3-2-14-10-20-6-5-13(14)9-16/h1-7,9-10,23H,8,11H2,(H,21,22). The van der Waals surface area contributed by atoms with E-state index in [0.29, 0.717) is 6.61 Å². The van der Waals surface area contributed by atoms with Gasteiger partial charge in [-0.15, -0.1) is 0 Å². The van der Waals surface area contributed by atoms with Gasteiger partial charge in [0.2, 0.25) is 5.91 Å². The second kappa shape index (κ2) is 6.07. The highest BCUT2D eigenvalue weighted by atomic mass is 16.5. The van der Waals surface area contributed by atoms with Gasteiger partial charge in [0.05, 0.1) is 13.0 Å². The van der Waals surface area contributed by atoms with Gasteiger partial charge in [-0.1, -0.05) is 24.3 Å². The van der Waals surface area contributed by atoms with Crippen molar-refractivity contribution >= 4 is 34.9 Å². The molecule has 4 rings (SSSR count). The highest BCUT2D eigenvalue weighted by Crippen LogP contribution is 2.18. The van der Waals surface area contributed by atoms with Gasteiger partial charge in [-0.05, 0) is 40.2 Å². The number of benzene rings is 2. The van der Waals surface area contributed by atoms with Gasteiger partial charge in [0.1, 0.15) is 0 Å². The Balaban J connectivity index is 1.48. The van der Waals surface area contributed by atoms with Crippen molar-refractivity contribution in [3.8, 4) is 0 Å². The van der Waals surface area contributed by atoms with Gasteiger partial charge in [-0.2, -0.15) is 0 Å². The van der Waals surface area contributed by atoms with E-state index in [1.165, 1.54) is 0 Å². The van der Waals surface area contributed by atoms with Crippen LogP contribution in [0.15, 0.2) is 54.9 Å². The van der Waals surface area contributed by atoms with E-state index in [4.69, 9.17) is 4.65 Å². The Hall–Kier alpha value is -2.70. The number of hydrogen-bond donors (Lipinski definition) is 2. The average Bonchev–Trinajstić information content (AvgIpc) is 2.95. The van der Waals surface area contributed by atoms with Crippen molar-refractivity contribution in [2.45, 2.75) is 13.0 Å². The van der Waals surface area contributed by atoms with E-state index >= 15 is 0 Å². The van der Waals surface area contributed by atoms with Gasteiger partial charge in [0, 0.05) is 23.5 Å². The lowest BCUT2D eigenvalue weighted by Crippen LogP contribution is -2.28. The Bertz CT molecular complexity index is 929. The molecular formula is C18H15BN2O3. The van der Waals surface area contributed by atoms with E-state index in [0.717, 1.165) is 33.0 Å². The number of hydrogen-bond acceptors (Lipinski definition) is 4.